The highest BCUT2D eigenvalue weighted by Crippen LogP contribution is 2.25. The number of benzene rings is 2. The van der Waals surface area contributed by atoms with Crippen LogP contribution in [0, 0.1) is 5.82 Å². The van der Waals surface area contributed by atoms with E-state index in [0.717, 1.165) is 5.75 Å². The van der Waals surface area contributed by atoms with E-state index in [0.29, 0.717) is 10.6 Å². The number of hydrogen-bond donors (Lipinski definition) is 0. The monoisotopic (exact) mass is 292 g/mol. The lowest BCUT2D eigenvalue weighted by molar-refractivity contribution is 0.305. The molecular formula is C17H18ClFO. The molecule has 0 atom stereocenters. The Morgan fingerprint density at radius 2 is 1.70 bits per heavy atom. The Balaban J connectivity index is 2.06. The van der Waals surface area contributed by atoms with Crippen molar-refractivity contribution in [2.24, 2.45) is 0 Å². The summed E-state index contributed by atoms with van der Waals surface area (Å²) in [5.74, 6) is 0.439. The first-order valence-electron chi connectivity index (χ1n) is 6.53. The minimum atomic E-state index is -0.309. The molecule has 3 heteroatoms. The van der Waals surface area contributed by atoms with Crippen molar-refractivity contribution in [1.82, 2.24) is 0 Å². The molecular weight excluding hydrogens is 275 g/mol. The molecule has 0 amide bonds. The van der Waals surface area contributed by atoms with E-state index in [1.807, 2.05) is 24.3 Å². The van der Waals surface area contributed by atoms with Gasteiger partial charge < -0.3 is 4.74 Å². The van der Waals surface area contributed by atoms with Crippen LogP contribution in [0.1, 0.15) is 31.9 Å². The number of ether oxygens (including phenoxy) is 1. The standard InChI is InChI=1S/C17H18ClFO/c1-17(2,3)13-4-7-15(8-5-13)20-11-12-10-14(19)6-9-16(12)18/h4-10H,11H2,1-3H3. The third-order valence-electron chi connectivity index (χ3n) is 3.12. The molecule has 0 heterocycles. The average Bonchev–Trinajstić information content (AvgIpc) is 2.39. The first kappa shape index (κ1) is 14.9. The molecule has 106 valence electrons. The van der Waals surface area contributed by atoms with Crippen LogP contribution < -0.4 is 4.74 Å². The summed E-state index contributed by atoms with van der Waals surface area (Å²) in [6.07, 6.45) is 0. The van der Waals surface area contributed by atoms with Crippen molar-refractivity contribution < 1.29 is 9.13 Å². The van der Waals surface area contributed by atoms with Gasteiger partial charge in [-0.1, -0.05) is 44.5 Å². The molecule has 20 heavy (non-hydrogen) atoms. The predicted molar refractivity (Wildman–Crippen MR) is 80.9 cm³/mol. The minimum Gasteiger partial charge on any atom is -0.489 e. The third kappa shape index (κ3) is 3.73. The summed E-state index contributed by atoms with van der Waals surface area (Å²) in [5, 5.41) is 0.512. The van der Waals surface area contributed by atoms with Crippen LogP contribution in [0.15, 0.2) is 42.5 Å². The lowest BCUT2D eigenvalue weighted by Gasteiger charge is -2.19. The van der Waals surface area contributed by atoms with E-state index in [-0.39, 0.29) is 17.8 Å². The predicted octanol–water partition coefficient (Wildman–Crippen LogP) is 5.36. The molecule has 0 spiro atoms. The van der Waals surface area contributed by atoms with Crippen molar-refractivity contribution in [3.05, 3.63) is 64.4 Å². The van der Waals surface area contributed by atoms with E-state index in [9.17, 15) is 4.39 Å². The second-order valence-corrected chi connectivity index (χ2v) is 6.21. The smallest absolute Gasteiger partial charge is 0.123 e. The van der Waals surface area contributed by atoms with Gasteiger partial charge in [0, 0.05) is 10.6 Å². The molecule has 2 aromatic rings. The minimum absolute atomic E-state index is 0.115. The van der Waals surface area contributed by atoms with Gasteiger partial charge in [-0.25, -0.2) is 4.39 Å². The molecule has 0 aliphatic carbocycles. The normalized spacial score (nSPS) is 11.4. The summed E-state index contributed by atoms with van der Waals surface area (Å²) in [7, 11) is 0. The Hall–Kier alpha value is -1.54. The molecule has 0 unspecified atom stereocenters. The highest BCUT2D eigenvalue weighted by atomic mass is 35.5. The zero-order valence-corrected chi connectivity index (χ0v) is 12.7. The van der Waals surface area contributed by atoms with Gasteiger partial charge >= 0.3 is 0 Å². The molecule has 0 aliphatic heterocycles. The molecule has 0 bridgehead atoms. The van der Waals surface area contributed by atoms with E-state index in [2.05, 4.69) is 20.8 Å². The van der Waals surface area contributed by atoms with Crippen molar-refractivity contribution in [3.63, 3.8) is 0 Å². The molecule has 2 rings (SSSR count). The van der Waals surface area contributed by atoms with Crippen LogP contribution >= 0.6 is 11.6 Å². The fourth-order valence-corrected chi connectivity index (χ4v) is 2.04. The maximum atomic E-state index is 13.1. The summed E-state index contributed by atoms with van der Waals surface area (Å²) < 4.78 is 18.8. The van der Waals surface area contributed by atoms with Crippen molar-refractivity contribution in [3.8, 4) is 5.75 Å². The maximum Gasteiger partial charge on any atom is 0.123 e. The van der Waals surface area contributed by atoms with Crippen LogP contribution in [0.4, 0.5) is 4.39 Å². The van der Waals surface area contributed by atoms with Crippen LogP contribution in [0.5, 0.6) is 5.75 Å². The van der Waals surface area contributed by atoms with Crippen molar-refractivity contribution >= 4 is 11.6 Å². The van der Waals surface area contributed by atoms with Gasteiger partial charge in [0.1, 0.15) is 18.2 Å². The lowest BCUT2D eigenvalue weighted by Crippen LogP contribution is -2.10. The van der Waals surface area contributed by atoms with Crippen LogP contribution in [-0.4, -0.2) is 0 Å². The van der Waals surface area contributed by atoms with Gasteiger partial charge in [0.25, 0.3) is 0 Å². The number of halogens is 2. The third-order valence-corrected chi connectivity index (χ3v) is 3.49. The summed E-state index contributed by atoms with van der Waals surface area (Å²) in [5.41, 5.74) is 2.00. The molecule has 0 fully saturated rings. The fraction of sp³-hybridized carbons (Fsp3) is 0.294. The zero-order valence-electron chi connectivity index (χ0n) is 11.9. The highest BCUT2D eigenvalue weighted by molar-refractivity contribution is 6.31. The fourth-order valence-electron chi connectivity index (χ4n) is 1.87. The SMILES string of the molecule is CC(C)(C)c1ccc(OCc2cc(F)ccc2Cl)cc1. The summed E-state index contributed by atoms with van der Waals surface area (Å²) in [6, 6.07) is 12.2. The van der Waals surface area contributed by atoms with Crippen LogP contribution in [-0.2, 0) is 12.0 Å². The van der Waals surface area contributed by atoms with Gasteiger partial charge in [-0.15, -0.1) is 0 Å². The van der Waals surface area contributed by atoms with Gasteiger partial charge in [0.15, 0.2) is 0 Å². The molecule has 0 radical (unpaired) electrons. The van der Waals surface area contributed by atoms with Crippen molar-refractivity contribution in [2.45, 2.75) is 32.8 Å². The Labute approximate surface area is 124 Å². The topological polar surface area (TPSA) is 9.23 Å². The molecule has 1 nitrogen and oxygen atoms in total. The van der Waals surface area contributed by atoms with Gasteiger partial charge in [0.05, 0.1) is 0 Å². The molecule has 0 aromatic heterocycles. The van der Waals surface area contributed by atoms with E-state index in [1.165, 1.54) is 23.8 Å². The largest absolute Gasteiger partial charge is 0.489 e. The van der Waals surface area contributed by atoms with Crippen molar-refractivity contribution in [1.29, 1.82) is 0 Å². The van der Waals surface area contributed by atoms with Crippen LogP contribution in [0.3, 0.4) is 0 Å². The Bertz CT molecular complexity index is 585. The summed E-state index contributed by atoms with van der Waals surface area (Å²) in [4.78, 5) is 0. The van der Waals surface area contributed by atoms with Gasteiger partial charge in [-0.05, 0) is 41.3 Å². The van der Waals surface area contributed by atoms with E-state index in [4.69, 9.17) is 16.3 Å². The number of hydrogen-bond acceptors (Lipinski definition) is 1. The molecule has 2 aromatic carbocycles. The Morgan fingerprint density at radius 3 is 2.30 bits per heavy atom. The molecule has 0 saturated heterocycles. The van der Waals surface area contributed by atoms with Gasteiger partial charge in [-0.3, -0.25) is 0 Å². The maximum absolute atomic E-state index is 13.1. The van der Waals surface area contributed by atoms with Gasteiger partial charge in [-0.2, -0.15) is 0 Å². The van der Waals surface area contributed by atoms with E-state index < -0.39 is 0 Å². The zero-order chi connectivity index (χ0) is 14.8. The molecule has 0 N–H and O–H groups in total. The quantitative estimate of drug-likeness (QED) is 0.740. The summed E-state index contributed by atoms with van der Waals surface area (Å²) >= 11 is 6.00. The average molecular weight is 293 g/mol. The Kier molecular flexibility index (Phi) is 4.34. The Morgan fingerprint density at radius 1 is 1.05 bits per heavy atom. The number of rotatable bonds is 3. The van der Waals surface area contributed by atoms with E-state index in [1.54, 1.807) is 0 Å². The van der Waals surface area contributed by atoms with Gasteiger partial charge in [0.2, 0.25) is 0 Å². The van der Waals surface area contributed by atoms with Crippen molar-refractivity contribution in [2.75, 3.05) is 0 Å². The van der Waals surface area contributed by atoms with Crippen LogP contribution in [0.2, 0.25) is 5.02 Å². The molecule has 0 aliphatic rings. The molecule has 0 saturated carbocycles. The highest BCUT2D eigenvalue weighted by Gasteiger charge is 2.13. The first-order valence-corrected chi connectivity index (χ1v) is 6.91. The summed E-state index contributed by atoms with van der Waals surface area (Å²) in [6.45, 7) is 6.74. The lowest BCUT2D eigenvalue weighted by atomic mass is 9.87. The second-order valence-electron chi connectivity index (χ2n) is 5.80. The van der Waals surface area contributed by atoms with Crippen LogP contribution in [0.25, 0.3) is 0 Å². The second kappa shape index (κ2) is 5.84. The van der Waals surface area contributed by atoms with E-state index >= 15 is 0 Å². The first-order chi connectivity index (χ1) is 9.36.